The number of halogens is 2. The fourth-order valence-electron chi connectivity index (χ4n) is 2.37. The molecule has 0 spiro atoms. The average Bonchev–Trinajstić information content (AvgIpc) is 2.52. The van der Waals surface area contributed by atoms with Crippen LogP contribution in [0.3, 0.4) is 0 Å². The highest BCUT2D eigenvalue weighted by Gasteiger charge is 2.11. The van der Waals surface area contributed by atoms with E-state index < -0.39 is 17.3 Å². The lowest BCUT2D eigenvalue weighted by Crippen LogP contribution is -2.05. The first-order chi connectivity index (χ1) is 11.0. The molecule has 0 atom stereocenters. The van der Waals surface area contributed by atoms with Crippen LogP contribution in [0.4, 0.5) is 8.78 Å². The Kier molecular flexibility index (Phi) is 3.86. The Balaban J connectivity index is 1.98. The zero-order chi connectivity index (χ0) is 16.6. The van der Waals surface area contributed by atoms with E-state index in [0.29, 0.717) is 11.1 Å². The van der Waals surface area contributed by atoms with Crippen molar-refractivity contribution in [3.63, 3.8) is 0 Å². The van der Waals surface area contributed by atoms with Gasteiger partial charge in [0.2, 0.25) is 0 Å². The van der Waals surface area contributed by atoms with Gasteiger partial charge in [-0.3, -0.25) is 0 Å². The zero-order valence-electron chi connectivity index (χ0n) is 12.7. The second-order valence-electron chi connectivity index (χ2n) is 5.34. The summed E-state index contributed by atoms with van der Waals surface area (Å²) in [6.45, 7) is 3.86. The molecule has 3 aromatic rings. The topological polar surface area (TPSA) is 39.4 Å². The summed E-state index contributed by atoms with van der Waals surface area (Å²) >= 11 is 0. The zero-order valence-corrected chi connectivity index (χ0v) is 12.7. The Hall–Kier alpha value is -2.69. The fourth-order valence-corrected chi connectivity index (χ4v) is 2.37. The van der Waals surface area contributed by atoms with Crippen LogP contribution >= 0.6 is 0 Å². The second kappa shape index (κ2) is 5.83. The van der Waals surface area contributed by atoms with Gasteiger partial charge in [-0.2, -0.15) is 0 Å². The van der Waals surface area contributed by atoms with E-state index in [9.17, 15) is 13.6 Å². The molecule has 5 heteroatoms. The first-order valence-corrected chi connectivity index (χ1v) is 7.06. The summed E-state index contributed by atoms with van der Waals surface area (Å²) in [5.74, 6) is -1.73. The molecular weight excluding hydrogens is 302 g/mol. The highest BCUT2D eigenvalue weighted by molar-refractivity contribution is 5.83. The van der Waals surface area contributed by atoms with E-state index in [2.05, 4.69) is 0 Å². The molecular formula is C18H14F2O3. The minimum Gasteiger partial charge on any atom is -0.489 e. The van der Waals surface area contributed by atoms with Crippen LogP contribution in [0.1, 0.15) is 16.7 Å². The fraction of sp³-hybridized carbons (Fsp3) is 0.167. The molecule has 23 heavy (non-hydrogen) atoms. The Labute approximate surface area is 131 Å². The lowest BCUT2D eigenvalue weighted by atomic mass is 10.0. The van der Waals surface area contributed by atoms with Gasteiger partial charge in [-0.15, -0.1) is 0 Å². The Morgan fingerprint density at radius 3 is 2.57 bits per heavy atom. The largest absolute Gasteiger partial charge is 0.489 e. The van der Waals surface area contributed by atoms with E-state index in [0.717, 1.165) is 28.6 Å². The molecule has 0 amide bonds. The van der Waals surface area contributed by atoms with Gasteiger partial charge in [-0.1, -0.05) is 12.1 Å². The minimum absolute atomic E-state index is 0.0513. The third kappa shape index (κ3) is 2.95. The van der Waals surface area contributed by atoms with Crippen LogP contribution < -0.4 is 10.4 Å². The van der Waals surface area contributed by atoms with Crippen molar-refractivity contribution in [2.45, 2.75) is 20.5 Å². The molecule has 0 bridgehead atoms. The van der Waals surface area contributed by atoms with Gasteiger partial charge in [-0.25, -0.2) is 13.6 Å². The van der Waals surface area contributed by atoms with Crippen LogP contribution in [-0.4, -0.2) is 0 Å². The van der Waals surface area contributed by atoms with E-state index in [-0.39, 0.29) is 12.4 Å². The lowest BCUT2D eigenvalue weighted by molar-refractivity contribution is 0.303. The number of fused-ring (bicyclic) bond motifs is 1. The maximum atomic E-state index is 13.2. The van der Waals surface area contributed by atoms with Crippen LogP contribution in [0.15, 0.2) is 45.6 Å². The van der Waals surface area contributed by atoms with E-state index in [1.807, 2.05) is 26.0 Å². The summed E-state index contributed by atoms with van der Waals surface area (Å²) in [6, 6.07) is 8.43. The summed E-state index contributed by atoms with van der Waals surface area (Å²) < 4.78 is 36.9. The van der Waals surface area contributed by atoms with Crippen molar-refractivity contribution in [3.8, 4) is 5.75 Å². The molecule has 0 unspecified atom stereocenters. The molecule has 0 aliphatic carbocycles. The second-order valence-corrected chi connectivity index (χ2v) is 5.34. The van der Waals surface area contributed by atoms with E-state index in [1.54, 1.807) is 0 Å². The van der Waals surface area contributed by atoms with E-state index in [4.69, 9.17) is 9.15 Å². The molecule has 0 saturated carbocycles. The molecule has 3 nitrogen and oxygen atoms in total. The van der Waals surface area contributed by atoms with Crippen molar-refractivity contribution < 1.29 is 17.9 Å². The van der Waals surface area contributed by atoms with Crippen molar-refractivity contribution in [1.82, 2.24) is 0 Å². The predicted octanol–water partition coefficient (Wildman–Crippen LogP) is 4.27. The third-order valence-electron chi connectivity index (χ3n) is 3.80. The maximum absolute atomic E-state index is 13.2. The van der Waals surface area contributed by atoms with Gasteiger partial charge in [0.15, 0.2) is 11.6 Å². The predicted molar refractivity (Wildman–Crippen MR) is 82.6 cm³/mol. The summed E-state index contributed by atoms with van der Waals surface area (Å²) in [5.41, 5.74) is 2.56. The molecule has 0 aliphatic rings. The average molecular weight is 316 g/mol. The molecule has 0 fully saturated rings. The molecule has 118 valence electrons. The van der Waals surface area contributed by atoms with Crippen LogP contribution in [0.25, 0.3) is 11.0 Å². The van der Waals surface area contributed by atoms with Crippen LogP contribution in [-0.2, 0) is 6.61 Å². The van der Waals surface area contributed by atoms with Gasteiger partial charge >= 0.3 is 5.63 Å². The number of hydrogen-bond donors (Lipinski definition) is 0. The molecule has 0 radical (unpaired) electrons. The van der Waals surface area contributed by atoms with Gasteiger partial charge in [-0.05, 0) is 37.1 Å². The Morgan fingerprint density at radius 1 is 1.04 bits per heavy atom. The van der Waals surface area contributed by atoms with E-state index >= 15 is 0 Å². The van der Waals surface area contributed by atoms with Gasteiger partial charge < -0.3 is 9.15 Å². The molecule has 0 aliphatic heterocycles. The number of benzene rings is 2. The smallest absolute Gasteiger partial charge is 0.336 e. The van der Waals surface area contributed by atoms with Gasteiger partial charge in [0.05, 0.1) is 0 Å². The maximum Gasteiger partial charge on any atom is 0.336 e. The molecule has 1 aromatic heterocycles. The van der Waals surface area contributed by atoms with Crippen molar-refractivity contribution in [2.75, 3.05) is 0 Å². The van der Waals surface area contributed by atoms with E-state index in [1.165, 1.54) is 12.1 Å². The standard InChI is InChI=1S/C18H14F2O3/c1-10-3-5-14-12(7-17(21)23-18(14)11(10)2)9-22-13-4-6-15(19)16(20)8-13/h3-8H,9H2,1-2H3. The lowest BCUT2D eigenvalue weighted by Gasteiger charge is -2.10. The number of hydrogen-bond acceptors (Lipinski definition) is 3. The molecule has 0 saturated heterocycles. The van der Waals surface area contributed by atoms with Crippen LogP contribution in [0.2, 0.25) is 0 Å². The molecule has 0 N–H and O–H groups in total. The normalized spacial score (nSPS) is 11.0. The SMILES string of the molecule is Cc1ccc2c(COc3ccc(F)c(F)c3)cc(=O)oc2c1C. The van der Waals surface area contributed by atoms with Crippen molar-refractivity contribution >= 4 is 11.0 Å². The summed E-state index contributed by atoms with van der Waals surface area (Å²) in [5, 5.41) is 0.760. The first-order valence-electron chi connectivity index (χ1n) is 7.06. The highest BCUT2D eigenvalue weighted by Crippen LogP contribution is 2.24. The first kappa shape index (κ1) is 15.2. The van der Waals surface area contributed by atoms with Crippen LogP contribution in [0, 0.1) is 25.5 Å². The van der Waals surface area contributed by atoms with Gasteiger partial charge in [0, 0.05) is 23.1 Å². The highest BCUT2D eigenvalue weighted by atomic mass is 19.2. The quantitative estimate of drug-likeness (QED) is 0.678. The van der Waals surface area contributed by atoms with Crippen molar-refractivity contribution in [3.05, 3.63) is 75.1 Å². The number of aryl methyl sites for hydroxylation is 2. The minimum atomic E-state index is -0.980. The Morgan fingerprint density at radius 2 is 1.83 bits per heavy atom. The number of rotatable bonds is 3. The summed E-state index contributed by atoms with van der Waals surface area (Å²) in [4.78, 5) is 11.7. The number of ether oxygens (including phenoxy) is 1. The van der Waals surface area contributed by atoms with Crippen molar-refractivity contribution in [1.29, 1.82) is 0 Å². The summed E-state index contributed by atoms with van der Waals surface area (Å²) in [6.07, 6.45) is 0. The molecule has 1 heterocycles. The molecule has 3 rings (SSSR count). The third-order valence-corrected chi connectivity index (χ3v) is 3.80. The van der Waals surface area contributed by atoms with Crippen LogP contribution in [0.5, 0.6) is 5.75 Å². The summed E-state index contributed by atoms with van der Waals surface area (Å²) in [7, 11) is 0. The van der Waals surface area contributed by atoms with Gasteiger partial charge in [0.25, 0.3) is 0 Å². The molecule has 2 aromatic carbocycles. The Bertz CT molecular complexity index is 945. The monoisotopic (exact) mass is 316 g/mol. The van der Waals surface area contributed by atoms with Gasteiger partial charge in [0.1, 0.15) is 17.9 Å². The van der Waals surface area contributed by atoms with Crippen molar-refractivity contribution in [2.24, 2.45) is 0 Å².